The van der Waals surface area contributed by atoms with Gasteiger partial charge in [0.2, 0.25) is 0 Å². The topological polar surface area (TPSA) is 12.9 Å². The number of aromatic nitrogens is 1. The van der Waals surface area contributed by atoms with Crippen LogP contribution in [0.25, 0.3) is 11.1 Å². The molecule has 3 rings (SSSR count). The predicted octanol–water partition coefficient (Wildman–Crippen LogP) is 2.96. The van der Waals surface area contributed by atoms with Gasteiger partial charge in [-0.1, -0.05) is 24.3 Å². The Morgan fingerprint density at radius 3 is 2.86 bits per heavy atom. The molecule has 0 atom stereocenters. The highest BCUT2D eigenvalue weighted by molar-refractivity contribution is 5.75. The molecule has 1 nitrogen and oxygen atoms in total. The van der Waals surface area contributed by atoms with Crippen LogP contribution in [-0.4, -0.2) is 4.98 Å². The number of fused-ring (bicyclic) bond motifs is 3. The van der Waals surface area contributed by atoms with Crippen LogP contribution in [0, 0.1) is 6.92 Å². The second-order valence-electron chi connectivity index (χ2n) is 3.82. The van der Waals surface area contributed by atoms with E-state index < -0.39 is 0 Å². The minimum absolute atomic E-state index is 1.06. The fraction of sp³-hybridized carbons (Fsp3) is 0.154. The van der Waals surface area contributed by atoms with Crippen molar-refractivity contribution >= 4 is 0 Å². The van der Waals surface area contributed by atoms with E-state index in [1.165, 1.54) is 22.3 Å². The first-order valence-corrected chi connectivity index (χ1v) is 4.88. The van der Waals surface area contributed by atoms with E-state index in [1.807, 2.05) is 13.1 Å². The van der Waals surface area contributed by atoms with Crippen molar-refractivity contribution in [2.24, 2.45) is 0 Å². The molecule has 14 heavy (non-hydrogen) atoms. The summed E-state index contributed by atoms with van der Waals surface area (Å²) in [4.78, 5) is 4.35. The van der Waals surface area contributed by atoms with E-state index in [9.17, 15) is 0 Å². The number of nitrogens with zero attached hydrogens (tertiary/aromatic N) is 1. The predicted molar refractivity (Wildman–Crippen MR) is 57.2 cm³/mol. The molecule has 0 bridgehead atoms. The molecule has 0 amide bonds. The zero-order chi connectivity index (χ0) is 9.54. The van der Waals surface area contributed by atoms with Crippen LogP contribution in [0.2, 0.25) is 0 Å². The first-order valence-electron chi connectivity index (χ1n) is 4.88. The van der Waals surface area contributed by atoms with Crippen molar-refractivity contribution in [2.45, 2.75) is 13.3 Å². The number of aryl methyl sites for hydroxylation is 1. The van der Waals surface area contributed by atoms with Gasteiger partial charge in [-0.05, 0) is 36.1 Å². The summed E-state index contributed by atoms with van der Waals surface area (Å²) in [6.45, 7) is 2.04. The lowest BCUT2D eigenvalue weighted by molar-refractivity contribution is 1.16. The van der Waals surface area contributed by atoms with Crippen LogP contribution < -0.4 is 0 Å². The average molecular weight is 181 g/mol. The minimum atomic E-state index is 1.06. The monoisotopic (exact) mass is 181 g/mol. The zero-order valence-corrected chi connectivity index (χ0v) is 8.12. The molecule has 0 N–H and O–H groups in total. The number of rotatable bonds is 0. The van der Waals surface area contributed by atoms with E-state index in [1.54, 1.807) is 0 Å². The Balaban J connectivity index is 2.27. The Morgan fingerprint density at radius 2 is 1.93 bits per heavy atom. The molecular formula is C13H11N. The zero-order valence-electron chi connectivity index (χ0n) is 8.12. The highest BCUT2D eigenvalue weighted by Gasteiger charge is 2.17. The molecular weight excluding hydrogens is 170 g/mol. The SMILES string of the molecule is Cc1cc2c(cn1)-c1ccccc1C2. The molecule has 0 spiro atoms. The third-order valence-corrected chi connectivity index (χ3v) is 2.81. The van der Waals surface area contributed by atoms with E-state index in [4.69, 9.17) is 0 Å². The molecule has 2 aromatic rings. The summed E-state index contributed by atoms with van der Waals surface area (Å²) in [5, 5.41) is 0. The second kappa shape index (κ2) is 2.68. The van der Waals surface area contributed by atoms with Crippen LogP contribution in [0.4, 0.5) is 0 Å². The maximum Gasteiger partial charge on any atom is 0.0375 e. The van der Waals surface area contributed by atoms with Gasteiger partial charge in [-0.15, -0.1) is 0 Å². The van der Waals surface area contributed by atoms with Crippen molar-refractivity contribution in [2.75, 3.05) is 0 Å². The molecule has 0 fully saturated rings. The molecule has 1 aromatic carbocycles. The molecule has 1 aromatic heterocycles. The van der Waals surface area contributed by atoms with Gasteiger partial charge >= 0.3 is 0 Å². The summed E-state index contributed by atoms with van der Waals surface area (Å²) < 4.78 is 0. The van der Waals surface area contributed by atoms with Crippen LogP contribution in [0.1, 0.15) is 16.8 Å². The van der Waals surface area contributed by atoms with E-state index in [2.05, 4.69) is 35.3 Å². The molecule has 0 saturated carbocycles. The van der Waals surface area contributed by atoms with Crippen LogP contribution >= 0.6 is 0 Å². The molecule has 1 aliphatic rings. The summed E-state index contributed by atoms with van der Waals surface area (Å²) in [6, 6.07) is 10.8. The van der Waals surface area contributed by atoms with E-state index in [0.717, 1.165) is 12.1 Å². The molecule has 1 aliphatic carbocycles. The Kier molecular flexibility index (Phi) is 1.48. The average Bonchev–Trinajstić information content (AvgIpc) is 2.54. The summed E-state index contributed by atoms with van der Waals surface area (Å²) in [5.41, 5.74) is 6.62. The van der Waals surface area contributed by atoms with Crippen molar-refractivity contribution < 1.29 is 0 Å². The van der Waals surface area contributed by atoms with Gasteiger partial charge in [-0.25, -0.2) is 0 Å². The Bertz CT molecular complexity index is 500. The van der Waals surface area contributed by atoms with Gasteiger partial charge in [0.05, 0.1) is 0 Å². The number of hydrogen-bond acceptors (Lipinski definition) is 1. The Morgan fingerprint density at radius 1 is 1.07 bits per heavy atom. The highest BCUT2D eigenvalue weighted by atomic mass is 14.7. The molecule has 0 radical (unpaired) electrons. The fourth-order valence-electron chi connectivity index (χ4n) is 2.15. The van der Waals surface area contributed by atoms with Gasteiger partial charge in [0, 0.05) is 17.5 Å². The van der Waals surface area contributed by atoms with E-state index in [0.29, 0.717) is 0 Å². The van der Waals surface area contributed by atoms with Crippen molar-refractivity contribution in [1.82, 2.24) is 4.98 Å². The van der Waals surface area contributed by atoms with Gasteiger partial charge in [0.1, 0.15) is 0 Å². The standard InChI is InChI=1S/C13H11N/c1-9-6-11-7-10-4-2-3-5-12(10)13(11)8-14-9/h2-6,8H,7H2,1H3. The highest BCUT2D eigenvalue weighted by Crippen LogP contribution is 2.35. The third-order valence-electron chi connectivity index (χ3n) is 2.81. The molecule has 1 heteroatoms. The maximum atomic E-state index is 4.35. The molecule has 1 heterocycles. The number of pyridine rings is 1. The first-order chi connectivity index (χ1) is 6.84. The quantitative estimate of drug-likeness (QED) is 0.519. The van der Waals surface area contributed by atoms with Gasteiger partial charge in [-0.2, -0.15) is 0 Å². The van der Waals surface area contributed by atoms with Gasteiger partial charge in [0.15, 0.2) is 0 Å². The van der Waals surface area contributed by atoms with Crippen molar-refractivity contribution in [3.63, 3.8) is 0 Å². The van der Waals surface area contributed by atoms with E-state index >= 15 is 0 Å². The number of hydrogen-bond donors (Lipinski definition) is 0. The van der Waals surface area contributed by atoms with E-state index in [-0.39, 0.29) is 0 Å². The normalized spacial score (nSPS) is 12.4. The fourth-order valence-corrected chi connectivity index (χ4v) is 2.15. The van der Waals surface area contributed by atoms with Gasteiger partial charge < -0.3 is 0 Å². The third kappa shape index (κ3) is 0.987. The van der Waals surface area contributed by atoms with Crippen LogP contribution in [-0.2, 0) is 6.42 Å². The van der Waals surface area contributed by atoms with Crippen molar-refractivity contribution in [3.05, 3.63) is 53.3 Å². The van der Waals surface area contributed by atoms with Crippen LogP contribution in [0.3, 0.4) is 0 Å². The lowest BCUT2D eigenvalue weighted by Crippen LogP contribution is -1.85. The number of benzene rings is 1. The minimum Gasteiger partial charge on any atom is -0.261 e. The van der Waals surface area contributed by atoms with Crippen LogP contribution in [0.15, 0.2) is 36.5 Å². The van der Waals surface area contributed by atoms with Crippen molar-refractivity contribution in [3.8, 4) is 11.1 Å². The summed E-state index contributed by atoms with van der Waals surface area (Å²) in [6.07, 6.45) is 3.06. The lowest BCUT2D eigenvalue weighted by atomic mass is 10.1. The molecule has 0 unspecified atom stereocenters. The van der Waals surface area contributed by atoms with Crippen molar-refractivity contribution in [1.29, 1.82) is 0 Å². The summed E-state index contributed by atoms with van der Waals surface area (Å²) in [5.74, 6) is 0. The van der Waals surface area contributed by atoms with Crippen LogP contribution in [0.5, 0.6) is 0 Å². The smallest absolute Gasteiger partial charge is 0.0375 e. The lowest BCUT2D eigenvalue weighted by Gasteiger charge is -1.99. The Hall–Kier alpha value is -1.63. The molecule has 0 saturated heterocycles. The van der Waals surface area contributed by atoms with Gasteiger partial charge in [-0.3, -0.25) is 4.98 Å². The summed E-state index contributed by atoms with van der Waals surface area (Å²) in [7, 11) is 0. The maximum absolute atomic E-state index is 4.35. The molecule has 68 valence electrons. The Labute approximate surface area is 83.4 Å². The summed E-state index contributed by atoms with van der Waals surface area (Å²) >= 11 is 0. The van der Waals surface area contributed by atoms with Gasteiger partial charge in [0.25, 0.3) is 0 Å². The largest absolute Gasteiger partial charge is 0.261 e. The second-order valence-corrected chi connectivity index (χ2v) is 3.82. The molecule has 0 aliphatic heterocycles. The first kappa shape index (κ1) is 7.74.